The molecule has 5 nitrogen and oxygen atoms in total. The number of sulfone groups is 1. The van der Waals surface area contributed by atoms with Crippen molar-refractivity contribution in [2.24, 2.45) is 4.36 Å². The van der Waals surface area contributed by atoms with E-state index in [0.29, 0.717) is 3.57 Å². The zero-order valence-corrected chi connectivity index (χ0v) is 11.3. The summed E-state index contributed by atoms with van der Waals surface area (Å²) in [6.07, 6.45) is 1.08. The summed E-state index contributed by atoms with van der Waals surface area (Å²) in [4.78, 5) is 0.141. The largest absolute Gasteiger partial charge is 0.316 e. The second-order valence-corrected chi connectivity index (χ2v) is 6.49. The number of nitrogens with zero attached hydrogens (tertiary/aromatic N) is 1. The minimum atomic E-state index is -3.27. The number of hydrogen-bond acceptors (Lipinski definition) is 5. The smallest absolute Gasteiger partial charge is 0.224 e. The van der Waals surface area contributed by atoms with Gasteiger partial charge in [-0.2, -0.15) is 8.42 Å². The molecule has 0 N–H and O–H groups in total. The van der Waals surface area contributed by atoms with Crippen molar-refractivity contribution in [3.05, 3.63) is 21.8 Å². The van der Waals surface area contributed by atoms with Crippen molar-refractivity contribution in [1.29, 1.82) is 0 Å². The Morgan fingerprint density at radius 2 is 1.93 bits per heavy atom. The van der Waals surface area contributed by atoms with Gasteiger partial charge in [0.25, 0.3) is 0 Å². The van der Waals surface area contributed by atoms with Crippen LogP contribution in [-0.2, 0) is 20.3 Å². The lowest BCUT2D eigenvalue weighted by Gasteiger charge is -2.00. The van der Waals surface area contributed by atoms with Gasteiger partial charge in [-0.05, 0) is 40.8 Å². The molecule has 1 aromatic rings. The Bertz CT molecular complexity index is 610. The van der Waals surface area contributed by atoms with Gasteiger partial charge in [0.05, 0.1) is 10.6 Å². The fourth-order valence-electron chi connectivity index (χ4n) is 0.873. The number of rotatable bonds is 2. The molecule has 1 rings (SSSR count). The van der Waals surface area contributed by atoms with Crippen LogP contribution >= 0.6 is 22.6 Å². The highest BCUT2D eigenvalue weighted by Gasteiger charge is 2.09. The van der Waals surface area contributed by atoms with Crippen LogP contribution in [0.2, 0.25) is 0 Å². The van der Waals surface area contributed by atoms with E-state index in [2.05, 4.69) is 4.36 Å². The Hall–Kier alpha value is -0.480. The van der Waals surface area contributed by atoms with Crippen LogP contribution in [0.5, 0.6) is 0 Å². The van der Waals surface area contributed by atoms with Gasteiger partial charge in [-0.25, -0.2) is 8.42 Å². The van der Waals surface area contributed by atoms with E-state index in [4.69, 9.17) is 0 Å². The summed E-state index contributed by atoms with van der Waals surface area (Å²) in [7, 11) is -5.80. The van der Waals surface area contributed by atoms with Crippen molar-refractivity contribution in [3.63, 3.8) is 0 Å². The van der Waals surface area contributed by atoms with Crippen molar-refractivity contribution >= 4 is 48.6 Å². The lowest BCUT2D eigenvalue weighted by Crippen LogP contribution is -1.96. The Morgan fingerprint density at radius 3 is 2.33 bits per heavy atom. The third-order valence-electron chi connectivity index (χ3n) is 1.52. The molecule has 0 atom stereocenters. The van der Waals surface area contributed by atoms with Gasteiger partial charge in [0, 0.05) is 9.83 Å². The highest BCUT2D eigenvalue weighted by Crippen LogP contribution is 2.24. The molecule has 0 saturated heterocycles. The van der Waals surface area contributed by atoms with E-state index in [1.165, 1.54) is 18.2 Å². The first-order valence-corrected chi connectivity index (χ1v) is 7.61. The van der Waals surface area contributed by atoms with Crippen molar-refractivity contribution in [3.8, 4) is 0 Å². The second-order valence-electron chi connectivity index (χ2n) is 2.69. The minimum absolute atomic E-state index is 0.141. The number of benzene rings is 1. The summed E-state index contributed by atoms with van der Waals surface area (Å²) in [6, 6.07) is 4.05. The average molecular weight is 359 g/mol. The molecular formula is C7H6INO4S2. The SMILES string of the molecule is CS(=O)(=O)c1ccc(N=S(=O)=O)c(I)c1. The van der Waals surface area contributed by atoms with E-state index < -0.39 is 20.3 Å². The van der Waals surface area contributed by atoms with E-state index in [-0.39, 0.29) is 10.6 Å². The molecule has 1 aromatic carbocycles. The van der Waals surface area contributed by atoms with Crippen LogP contribution in [0, 0.1) is 3.57 Å². The van der Waals surface area contributed by atoms with Crippen molar-refractivity contribution < 1.29 is 16.8 Å². The molecule has 0 aromatic heterocycles. The van der Waals surface area contributed by atoms with Crippen LogP contribution in [-0.4, -0.2) is 23.1 Å². The predicted molar refractivity (Wildman–Crippen MR) is 63.3 cm³/mol. The molecule has 0 aliphatic heterocycles. The fourth-order valence-corrected chi connectivity index (χ4v) is 2.85. The van der Waals surface area contributed by atoms with Crippen LogP contribution in [0.4, 0.5) is 5.69 Å². The van der Waals surface area contributed by atoms with E-state index in [1.54, 1.807) is 0 Å². The summed E-state index contributed by atoms with van der Waals surface area (Å²) in [5.41, 5.74) is 0.233. The summed E-state index contributed by atoms with van der Waals surface area (Å²) < 4.78 is 46.7. The first-order chi connectivity index (χ1) is 6.80. The first kappa shape index (κ1) is 12.6. The van der Waals surface area contributed by atoms with Gasteiger partial charge >= 0.3 is 10.5 Å². The standard InChI is InChI=1S/C7H6INO4S2/c1-15(12,13)5-2-3-7(6(8)4-5)9-14(10)11/h2-4H,1H3. The molecule has 15 heavy (non-hydrogen) atoms. The quantitative estimate of drug-likeness (QED) is 0.748. The molecule has 0 saturated carbocycles. The highest BCUT2D eigenvalue weighted by atomic mass is 127. The maximum atomic E-state index is 11.2. The molecule has 0 aliphatic carbocycles. The lowest BCUT2D eigenvalue weighted by molar-refractivity contribution is 0.602. The van der Waals surface area contributed by atoms with Gasteiger partial charge in [0.15, 0.2) is 9.84 Å². The molecule has 8 heteroatoms. The fraction of sp³-hybridized carbons (Fsp3) is 0.143. The molecule has 0 fully saturated rings. The molecule has 0 aliphatic rings. The van der Waals surface area contributed by atoms with E-state index in [1.807, 2.05) is 22.6 Å². The normalized spacial score (nSPS) is 11.1. The molecule has 0 radical (unpaired) electrons. The maximum Gasteiger partial charge on any atom is 0.316 e. The molecule has 0 heterocycles. The molecule has 0 bridgehead atoms. The molecule has 82 valence electrons. The third-order valence-corrected chi connectivity index (χ3v) is 3.84. The topological polar surface area (TPSA) is 80.6 Å². The second kappa shape index (κ2) is 4.58. The third kappa shape index (κ3) is 3.54. The predicted octanol–water partition coefficient (Wildman–Crippen LogP) is 1.39. The van der Waals surface area contributed by atoms with Gasteiger partial charge in [-0.3, -0.25) is 0 Å². The Labute approximate surface area is 102 Å². The van der Waals surface area contributed by atoms with Gasteiger partial charge in [-0.15, -0.1) is 4.36 Å². The monoisotopic (exact) mass is 359 g/mol. The van der Waals surface area contributed by atoms with Gasteiger partial charge in [0.1, 0.15) is 0 Å². The molecule has 0 amide bonds. The Kier molecular flexibility index (Phi) is 3.84. The van der Waals surface area contributed by atoms with Crippen LogP contribution in [0.25, 0.3) is 0 Å². The van der Waals surface area contributed by atoms with E-state index in [0.717, 1.165) is 6.26 Å². The molecule has 0 spiro atoms. The van der Waals surface area contributed by atoms with E-state index in [9.17, 15) is 16.8 Å². The van der Waals surface area contributed by atoms with Gasteiger partial charge < -0.3 is 0 Å². The first-order valence-electron chi connectivity index (χ1n) is 3.61. The van der Waals surface area contributed by atoms with Crippen molar-refractivity contribution in [2.75, 3.05) is 6.26 Å². The van der Waals surface area contributed by atoms with Gasteiger partial charge in [-0.1, -0.05) is 0 Å². The molecule has 0 unspecified atom stereocenters. The average Bonchev–Trinajstić information content (AvgIpc) is 2.05. The van der Waals surface area contributed by atoms with Crippen LogP contribution in [0.3, 0.4) is 0 Å². The summed E-state index contributed by atoms with van der Waals surface area (Å²) >= 11 is 1.83. The Balaban J connectivity index is 3.39. The number of halogens is 1. The van der Waals surface area contributed by atoms with Crippen molar-refractivity contribution in [1.82, 2.24) is 0 Å². The van der Waals surface area contributed by atoms with E-state index >= 15 is 0 Å². The van der Waals surface area contributed by atoms with Crippen LogP contribution < -0.4 is 0 Å². The summed E-state index contributed by atoms with van der Waals surface area (Å²) in [6.45, 7) is 0. The van der Waals surface area contributed by atoms with Crippen LogP contribution in [0.15, 0.2) is 27.5 Å². The minimum Gasteiger partial charge on any atom is -0.224 e. The van der Waals surface area contributed by atoms with Crippen LogP contribution in [0.1, 0.15) is 0 Å². The summed E-state index contributed by atoms with van der Waals surface area (Å²) in [5, 5.41) is 0. The van der Waals surface area contributed by atoms with Crippen molar-refractivity contribution in [2.45, 2.75) is 4.90 Å². The molecular weight excluding hydrogens is 353 g/mol. The number of hydrogen-bond donors (Lipinski definition) is 0. The highest BCUT2D eigenvalue weighted by molar-refractivity contribution is 14.1. The summed E-state index contributed by atoms with van der Waals surface area (Å²) in [5.74, 6) is 0. The zero-order chi connectivity index (χ0) is 11.6. The maximum absolute atomic E-state index is 11.2. The Morgan fingerprint density at radius 1 is 1.33 bits per heavy atom. The lowest BCUT2D eigenvalue weighted by atomic mass is 10.3. The zero-order valence-electron chi connectivity index (χ0n) is 7.51. The van der Waals surface area contributed by atoms with Gasteiger partial charge in [0.2, 0.25) is 0 Å².